The van der Waals surface area contributed by atoms with Gasteiger partial charge >= 0.3 is 13.4 Å². The number of ether oxygens (including phenoxy) is 1. The van der Waals surface area contributed by atoms with Crippen LogP contribution in [0.5, 0.6) is 0 Å². The van der Waals surface area contributed by atoms with Crippen LogP contribution in [0.2, 0.25) is 0 Å². The van der Waals surface area contributed by atoms with Gasteiger partial charge in [0.2, 0.25) is 0 Å². The van der Waals surface area contributed by atoms with E-state index in [0.29, 0.717) is 5.56 Å². The number of carbonyl (C=O) groups is 1. The molecule has 2 heterocycles. The van der Waals surface area contributed by atoms with Crippen LogP contribution in [0, 0.1) is 0 Å². The maximum atomic E-state index is 13.6. The first-order valence-corrected chi connectivity index (χ1v) is 17.4. The van der Waals surface area contributed by atoms with Gasteiger partial charge in [0.05, 0.1) is 18.2 Å². The highest BCUT2D eigenvalue weighted by Crippen LogP contribution is 2.46. The molecule has 0 radical (unpaired) electrons. The third kappa shape index (κ3) is 7.33. The molecule has 5 aromatic rings. The molecule has 0 aliphatic carbocycles. The molecule has 1 saturated heterocycles. The second kappa shape index (κ2) is 14.8. The van der Waals surface area contributed by atoms with E-state index in [4.69, 9.17) is 9.26 Å². The van der Waals surface area contributed by atoms with E-state index in [9.17, 15) is 19.0 Å². The van der Waals surface area contributed by atoms with Crippen molar-refractivity contribution < 1.29 is 23.5 Å². The standard InChI is InChI=1S/C37H38N5O6P/c1-40(2)49(45,46)47-27-32-25-41(26-34(48-32)42-24-23-33(39-36(42)44)38-35(43)28-15-7-3-8-16-28)37(29-17-9-4-10-18-29,30-19-11-5-12-20-30)31-21-13-6-14-22-31/h3-24,32,34H,25-27H2,1-2H3,(H,45,46)(H,38,39,43,44)/t32-,34+/m0/s1. The zero-order valence-electron chi connectivity index (χ0n) is 27.2. The van der Waals surface area contributed by atoms with E-state index in [0.717, 1.165) is 21.4 Å². The number of nitrogens with zero attached hydrogens (tertiary/aromatic N) is 4. The smallest absolute Gasteiger partial charge is 0.350 e. The number of rotatable bonds is 11. The topological polar surface area (TPSA) is 126 Å². The van der Waals surface area contributed by atoms with Gasteiger partial charge in [0, 0.05) is 24.8 Å². The van der Waals surface area contributed by atoms with E-state index in [1.165, 1.54) is 24.9 Å². The summed E-state index contributed by atoms with van der Waals surface area (Å²) in [5.74, 6) is -0.294. The Labute approximate surface area is 285 Å². The highest BCUT2D eigenvalue weighted by Gasteiger charge is 2.47. The quantitative estimate of drug-likeness (QED) is 0.140. The summed E-state index contributed by atoms with van der Waals surface area (Å²) in [5.41, 5.74) is 1.88. The Hall–Kier alpha value is -4.74. The Morgan fingerprint density at radius 2 is 1.39 bits per heavy atom. The minimum atomic E-state index is -4.10. The van der Waals surface area contributed by atoms with E-state index in [1.807, 2.05) is 60.7 Å². The van der Waals surface area contributed by atoms with Crippen LogP contribution in [-0.2, 0) is 19.4 Å². The van der Waals surface area contributed by atoms with Gasteiger partial charge < -0.3 is 14.9 Å². The first-order valence-electron chi connectivity index (χ1n) is 15.9. The Morgan fingerprint density at radius 1 is 0.878 bits per heavy atom. The number of hydrogen-bond donors (Lipinski definition) is 2. The zero-order chi connectivity index (χ0) is 34.4. The average Bonchev–Trinajstić information content (AvgIpc) is 3.13. The minimum absolute atomic E-state index is 0.0991. The molecule has 6 rings (SSSR count). The molecular weight excluding hydrogens is 641 g/mol. The summed E-state index contributed by atoms with van der Waals surface area (Å²) in [6, 6.07) is 40.5. The largest absolute Gasteiger partial charge is 0.405 e. The fourth-order valence-corrected chi connectivity index (χ4v) is 6.79. The predicted molar refractivity (Wildman–Crippen MR) is 187 cm³/mol. The molecule has 3 atom stereocenters. The number of hydrogen-bond acceptors (Lipinski definition) is 7. The van der Waals surface area contributed by atoms with E-state index in [-0.39, 0.29) is 25.5 Å². The molecule has 1 aliphatic heterocycles. The van der Waals surface area contributed by atoms with Crippen molar-refractivity contribution in [1.82, 2.24) is 19.1 Å². The lowest BCUT2D eigenvalue weighted by atomic mass is 9.75. The maximum absolute atomic E-state index is 13.6. The first-order chi connectivity index (χ1) is 23.7. The second-order valence-corrected chi connectivity index (χ2v) is 13.9. The Balaban J connectivity index is 1.43. The fourth-order valence-electron chi connectivity index (χ4n) is 6.20. The van der Waals surface area contributed by atoms with Crippen molar-refractivity contribution in [2.45, 2.75) is 17.9 Å². The molecule has 1 unspecified atom stereocenters. The lowest BCUT2D eigenvalue weighted by Gasteiger charge is -2.50. The molecular formula is C37H38N5O6P. The first kappa shape index (κ1) is 34.1. The third-order valence-electron chi connectivity index (χ3n) is 8.55. The van der Waals surface area contributed by atoms with Gasteiger partial charge in [-0.3, -0.25) is 18.8 Å². The van der Waals surface area contributed by atoms with Gasteiger partial charge in [-0.05, 0) is 49.0 Å². The number of amides is 1. The molecule has 2 N–H and O–H groups in total. The van der Waals surface area contributed by atoms with Crippen molar-refractivity contribution in [2.75, 3.05) is 39.1 Å². The average molecular weight is 680 g/mol. The van der Waals surface area contributed by atoms with Gasteiger partial charge in [0.25, 0.3) is 5.91 Å². The predicted octanol–water partition coefficient (Wildman–Crippen LogP) is 5.37. The number of benzene rings is 4. The summed E-state index contributed by atoms with van der Waals surface area (Å²) in [5, 5.41) is 2.68. The van der Waals surface area contributed by atoms with Crippen LogP contribution in [-0.4, -0.2) is 69.8 Å². The molecule has 1 fully saturated rings. The van der Waals surface area contributed by atoms with Crippen LogP contribution in [0.4, 0.5) is 5.82 Å². The van der Waals surface area contributed by atoms with Gasteiger partial charge in [-0.25, -0.2) is 14.0 Å². The molecule has 1 amide bonds. The number of morpholine rings is 1. The summed E-state index contributed by atoms with van der Waals surface area (Å²) in [6.45, 7) is 0.299. The van der Waals surface area contributed by atoms with Crippen LogP contribution < -0.4 is 11.0 Å². The van der Waals surface area contributed by atoms with Crippen molar-refractivity contribution >= 4 is 19.5 Å². The molecule has 4 aromatic carbocycles. The summed E-state index contributed by atoms with van der Waals surface area (Å²) in [4.78, 5) is 43.3. The Bertz CT molecular complexity index is 1870. The highest BCUT2D eigenvalue weighted by atomic mass is 31.2. The molecule has 0 saturated carbocycles. The minimum Gasteiger partial charge on any atom is -0.350 e. The monoisotopic (exact) mass is 679 g/mol. The summed E-state index contributed by atoms with van der Waals surface area (Å²) in [6.07, 6.45) is -0.0817. The van der Waals surface area contributed by atoms with Gasteiger partial charge in [0.15, 0.2) is 6.23 Å². The molecule has 0 spiro atoms. The molecule has 49 heavy (non-hydrogen) atoms. The van der Waals surface area contributed by atoms with Crippen LogP contribution in [0.3, 0.4) is 0 Å². The molecule has 12 heteroatoms. The molecule has 1 aliphatic rings. The molecule has 1 aromatic heterocycles. The SMILES string of the molecule is CN(C)P(=O)(O)OC[C@@H]1CN(C(c2ccccc2)(c2ccccc2)c2ccccc2)C[C@H](n2ccc(NC(=O)c3ccccc3)nc2=O)O1. The fraction of sp³-hybridized carbons (Fsp3) is 0.216. The molecule has 0 bridgehead atoms. The van der Waals surface area contributed by atoms with Crippen LogP contribution in [0.1, 0.15) is 33.3 Å². The van der Waals surface area contributed by atoms with E-state index < -0.39 is 37.2 Å². The van der Waals surface area contributed by atoms with E-state index >= 15 is 0 Å². The van der Waals surface area contributed by atoms with Gasteiger partial charge in [-0.2, -0.15) is 4.98 Å². The van der Waals surface area contributed by atoms with Crippen LogP contribution >= 0.6 is 7.75 Å². The van der Waals surface area contributed by atoms with Crippen LogP contribution in [0.15, 0.2) is 138 Å². The normalized spacial score (nSPS) is 18.1. The summed E-state index contributed by atoms with van der Waals surface area (Å²) in [7, 11) is -1.17. The van der Waals surface area contributed by atoms with E-state index in [2.05, 4.69) is 51.6 Å². The number of carbonyl (C=O) groups excluding carboxylic acids is 1. The maximum Gasteiger partial charge on any atom is 0.405 e. The van der Waals surface area contributed by atoms with Crippen molar-refractivity contribution in [2.24, 2.45) is 0 Å². The summed E-state index contributed by atoms with van der Waals surface area (Å²) < 4.78 is 27.4. The van der Waals surface area contributed by atoms with Gasteiger partial charge in [0.1, 0.15) is 5.82 Å². The van der Waals surface area contributed by atoms with Crippen molar-refractivity contribution in [3.63, 3.8) is 0 Å². The Morgan fingerprint density at radius 3 is 1.88 bits per heavy atom. The molecule has 11 nitrogen and oxygen atoms in total. The van der Waals surface area contributed by atoms with Gasteiger partial charge in [-0.15, -0.1) is 0 Å². The number of aromatic nitrogens is 2. The van der Waals surface area contributed by atoms with Crippen molar-refractivity contribution in [1.29, 1.82) is 0 Å². The Kier molecular flexibility index (Phi) is 10.3. The number of nitrogens with one attached hydrogen (secondary N) is 1. The lowest BCUT2D eigenvalue weighted by Crippen LogP contribution is -2.58. The highest BCUT2D eigenvalue weighted by molar-refractivity contribution is 7.50. The lowest BCUT2D eigenvalue weighted by molar-refractivity contribution is -0.149. The third-order valence-corrected chi connectivity index (χ3v) is 10.0. The van der Waals surface area contributed by atoms with Crippen LogP contribution in [0.25, 0.3) is 0 Å². The zero-order valence-corrected chi connectivity index (χ0v) is 28.1. The number of anilines is 1. The molecule has 252 valence electrons. The summed E-state index contributed by atoms with van der Waals surface area (Å²) >= 11 is 0. The second-order valence-electron chi connectivity index (χ2n) is 11.9. The van der Waals surface area contributed by atoms with E-state index in [1.54, 1.807) is 30.3 Å². The van der Waals surface area contributed by atoms with Gasteiger partial charge in [-0.1, -0.05) is 109 Å². The van der Waals surface area contributed by atoms with Crippen molar-refractivity contribution in [3.05, 3.63) is 166 Å². The van der Waals surface area contributed by atoms with Crippen molar-refractivity contribution in [3.8, 4) is 0 Å².